The molecule has 0 bridgehead atoms. The Morgan fingerprint density at radius 3 is 2.19 bits per heavy atom. The molecule has 3 nitrogen and oxygen atoms in total. The summed E-state index contributed by atoms with van der Waals surface area (Å²) in [6, 6.07) is 7.62. The van der Waals surface area contributed by atoms with Crippen LogP contribution in [0.4, 0.5) is 4.39 Å². The molecular weight excluding hydrogens is 387 g/mol. The number of halogens is 1. The van der Waals surface area contributed by atoms with Crippen molar-refractivity contribution in [2.45, 2.75) is 97.6 Å². The molecule has 0 N–H and O–H groups in total. The summed E-state index contributed by atoms with van der Waals surface area (Å²) in [4.78, 5) is 9.05. The number of ether oxygens (including phenoxy) is 1. The van der Waals surface area contributed by atoms with Crippen LogP contribution >= 0.6 is 0 Å². The van der Waals surface area contributed by atoms with Gasteiger partial charge in [-0.3, -0.25) is 0 Å². The van der Waals surface area contributed by atoms with E-state index in [9.17, 15) is 4.39 Å². The third-order valence-corrected chi connectivity index (χ3v) is 5.82. The van der Waals surface area contributed by atoms with Crippen molar-refractivity contribution in [1.82, 2.24) is 9.97 Å². The van der Waals surface area contributed by atoms with Crippen molar-refractivity contribution < 1.29 is 9.13 Å². The fourth-order valence-corrected chi connectivity index (χ4v) is 3.82. The summed E-state index contributed by atoms with van der Waals surface area (Å²) in [5.74, 6) is 1.99. The lowest BCUT2D eigenvalue weighted by molar-refractivity contribution is 0.178. The third kappa shape index (κ3) is 10.3. The van der Waals surface area contributed by atoms with E-state index in [0.717, 1.165) is 31.2 Å². The molecule has 0 aliphatic carbocycles. The fourth-order valence-electron chi connectivity index (χ4n) is 3.82. The molecule has 0 radical (unpaired) electrons. The first-order valence-electron chi connectivity index (χ1n) is 12.3. The van der Waals surface area contributed by atoms with Crippen LogP contribution in [0.25, 0.3) is 11.4 Å². The number of rotatable bonds is 16. The summed E-state index contributed by atoms with van der Waals surface area (Å²) < 4.78 is 19.7. The molecular formula is C27H41FN2O. The smallest absolute Gasteiger partial charge is 0.159 e. The second kappa shape index (κ2) is 14.9. The highest BCUT2D eigenvalue weighted by molar-refractivity contribution is 5.55. The van der Waals surface area contributed by atoms with E-state index in [1.54, 1.807) is 0 Å². The van der Waals surface area contributed by atoms with Gasteiger partial charge in [-0.2, -0.15) is 0 Å². The number of aryl methyl sites for hydroxylation is 1. The zero-order chi connectivity index (χ0) is 22.3. The van der Waals surface area contributed by atoms with Crippen LogP contribution in [0.15, 0.2) is 36.7 Å². The Labute approximate surface area is 188 Å². The molecule has 4 heteroatoms. The monoisotopic (exact) mass is 428 g/mol. The zero-order valence-electron chi connectivity index (χ0n) is 19.8. The van der Waals surface area contributed by atoms with Crippen LogP contribution in [-0.2, 0) is 6.42 Å². The number of aromatic nitrogens is 2. The minimum atomic E-state index is -0.915. The van der Waals surface area contributed by atoms with Gasteiger partial charge in [-0.25, -0.2) is 14.4 Å². The molecule has 2 unspecified atom stereocenters. The molecule has 2 aromatic rings. The van der Waals surface area contributed by atoms with Crippen molar-refractivity contribution in [3.05, 3.63) is 42.2 Å². The lowest BCUT2D eigenvalue weighted by Gasteiger charge is -2.14. The number of benzene rings is 1. The van der Waals surface area contributed by atoms with Gasteiger partial charge in [-0.05, 0) is 61.4 Å². The largest absolute Gasteiger partial charge is 0.491 e. The number of hydrogen-bond acceptors (Lipinski definition) is 3. The van der Waals surface area contributed by atoms with Crippen LogP contribution in [-0.4, -0.2) is 22.7 Å². The molecule has 0 spiro atoms. The Balaban J connectivity index is 1.73. The first kappa shape index (κ1) is 25.3. The summed E-state index contributed by atoms with van der Waals surface area (Å²) in [5.41, 5.74) is 2.14. The van der Waals surface area contributed by atoms with Gasteiger partial charge in [-0.1, -0.05) is 65.7 Å². The van der Waals surface area contributed by atoms with E-state index in [1.807, 2.05) is 36.7 Å². The molecule has 31 heavy (non-hydrogen) atoms. The van der Waals surface area contributed by atoms with Crippen LogP contribution in [0.1, 0.15) is 90.5 Å². The van der Waals surface area contributed by atoms with Crippen LogP contribution < -0.4 is 4.74 Å². The molecule has 2 rings (SSSR count). The average Bonchev–Trinajstić information content (AvgIpc) is 2.79. The predicted octanol–water partition coefficient (Wildman–Crippen LogP) is 7.98. The maximum atomic E-state index is 14.1. The summed E-state index contributed by atoms with van der Waals surface area (Å²) in [6.07, 6.45) is 15.6. The molecule has 0 saturated carbocycles. The van der Waals surface area contributed by atoms with Crippen molar-refractivity contribution in [3.63, 3.8) is 0 Å². The van der Waals surface area contributed by atoms with Crippen molar-refractivity contribution >= 4 is 0 Å². The van der Waals surface area contributed by atoms with Crippen LogP contribution in [0.2, 0.25) is 0 Å². The van der Waals surface area contributed by atoms with Crippen molar-refractivity contribution in [3.8, 4) is 17.1 Å². The Morgan fingerprint density at radius 2 is 1.52 bits per heavy atom. The van der Waals surface area contributed by atoms with E-state index in [0.29, 0.717) is 23.9 Å². The summed E-state index contributed by atoms with van der Waals surface area (Å²) in [6.45, 7) is 6.72. The molecule has 1 aromatic heterocycles. The number of unbranched alkanes of at least 4 members (excludes halogenated alkanes) is 5. The van der Waals surface area contributed by atoms with Crippen LogP contribution in [0.3, 0.4) is 0 Å². The average molecular weight is 429 g/mol. The molecule has 0 amide bonds. The van der Waals surface area contributed by atoms with Gasteiger partial charge in [0.05, 0.1) is 0 Å². The van der Waals surface area contributed by atoms with Crippen molar-refractivity contribution in [2.75, 3.05) is 6.61 Å². The van der Waals surface area contributed by atoms with E-state index < -0.39 is 6.17 Å². The molecule has 2 atom stereocenters. The third-order valence-electron chi connectivity index (χ3n) is 5.82. The number of hydrogen-bond donors (Lipinski definition) is 0. The predicted molar refractivity (Wildman–Crippen MR) is 128 cm³/mol. The highest BCUT2D eigenvalue weighted by atomic mass is 19.1. The molecule has 1 aromatic carbocycles. The minimum Gasteiger partial charge on any atom is -0.491 e. The Bertz CT molecular complexity index is 702. The van der Waals surface area contributed by atoms with Crippen LogP contribution in [0, 0.1) is 5.92 Å². The van der Waals surface area contributed by atoms with Crippen molar-refractivity contribution in [2.24, 2.45) is 5.92 Å². The molecule has 0 saturated heterocycles. The SMILES string of the molecule is CCCCCCCCc1cnc(-c2ccc(OCC(F)CCC(C)CCC)cc2)nc1. The molecule has 1 heterocycles. The van der Waals surface area contributed by atoms with Gasteiger partial charge >= 0.3 is 0 Å². The van der Waals surface area contributed by atoms with Crippen LogP contribution in [0.5, 0.6) is 5.75 Å². The summed E-state index contributed by atoms with van der Waals surface area (Å²) in [5, 5.41) is 0. The standard InChI is InChI=1S/C27H41FN2O/c1-4-6-7-8-9-10-12-23-19-29-27(30-20-23)24-14-17-26(18-15-24)31-21-25(28)16-13-22(3)11-5-2/h14-15,17-20,22,25H,4-13,16,21H2,1-3H3. The van der Waals surface area contributed by atoms with E-state index in [1.165, 1.54) is 44.1 Å². The second-order valence-electron chi connectivity index (χ2n) is 8.84. The quantitative estimate of drug-likeness (QED) is 0.254. The first-order chi connectivity index (χ1) is 15.1. The number of alkyl halides is 1. The highest BCUT2D eigenvalue weighted by Crippen LogP contribution is 2.21. The van der Waals surface area contributed by atoms with E-state index in [-0.39, 0.29) is 6.61 Å². The Morgan fingerprint density at radius 1 is 0.839 bits per heavy atom. The first-order valence-corrected chi connectivity index (χ1v) is 12.3. The summed E-state index contributed by atoms with van der Waals surface area (Å²) in [7, 11) is 0. The van der Waals surface area contributed by atoms with Gasteiger partial charge in [0.1, 0.15) is 18.5 Å². The van der Waals surface area contributed by atoms with E-state index >= 15 is 0 Å². The van der Waals surface area contributed by atoms with Gasteiger partial charge in [0.2, 0.25) is 0 Å². The fraction of sp³-hybridized carbons (Fsp3) is 0.630. The second-order valence-corrected chi connectivity index (χ2v) is 8.84. The van der Waals surface area contributed by atoms with Gasteiger partial charge in [0.25, 0.3) is 0 Å². The highest BCUT2D eigenvalue weighted by Gasteiger charge is 2.11. The van der Waals surface area contributed by atoms with E-state index in [2.05, 4.69) is 30.7 Å². The molecule has 0 aliphatic rings. The lowest BCUT2D eigenvalue weighted by atomic mass is 9.99. The topological polar surface area (TPSA) is 35.0 Å². The maximum absolute atomic E-state index is 14.1. The van der Waals surface area contributed by atoms with Gasteiger partial charge in [-0.15, -0.1) is 0 Å². The Hall–Kier alpha value is -1.97. The zero-order valence-corrected chi connectivity index (χ0v) is 19.8. The Kier molecular flexibility index (Phi) is 12.2. The maximum Gasteiger partial charge on any atom is 0.159 e. The van der Waals surface area contributed by atoms with Gasteiger partial charge in [0, 0.05) is 18.0 Å². The summed E-state index contributed by atoms with van der Waals surface area (Å²) >= 11 is 0. The lowest BCUT2D eigenvalue weighted by Crippen LogP contribution is -2.14. The normalized spacial score (nSPS) is 13.2. The van der Waals surface area contributed by atoms with E-state index in [4.69, 9.17) is 4.74 Å². The van der Waals surface area contributed by atoms with Gasteiger partial charge < -0.3 is 4.74 Å². The minimum absolute atomic E-state index is 0.113. The molecule has 0 fully saturated rings. The van der Waals surface area contributed by atoms with Crippen molar-refractivity contribution in [1.29, 1.82) is 0 Å². The number of nitrogens with zero attached hydrogens (tertiary/aromatic N) is 2. The molecule has 0 aliphatic heterocycles. The van der Waals surface area contributed by atoms with Gasteiger partial charge in [0.15, 0.2) is 5.82 Å². The molecule has 172 valence electrons.